The van der Waals surface area contributed by atoms with Gasteiger partial charge in [-0.1, -0.05) is 92.7 Å². The Morgan fingerprint density at radius 1 is 0.607 bits per heavy atom. The molecule has 56 heavy (non-hydrogen) atoms. The third-order valence-corrected chi connectivity index (χ3v) is 12.3. The van der Waals surface area contributed by atoms with E-state index < -0.39 is 0 Å². The van der Waals surface area contributed by atoms with Crippen LogP contribution in [-0.2, 0) is 5.41 Å². The molecule has 2 aliphatic carbocycles. The van der Waals surface area contributed by atoms with Gasteiger partial charge < -0.3 is 0 Å². The second-order valence-electron chi connectivity index (χ2n) is 16.3. The molecule has 0 saturated heterocycles. The summed E-state index contributed by atoms with van der Waals surface area (Å²) in [4.78, 5) is 20.2. The lowest BCUT2D eigenvalue weighted by Crippen LogP contribution is -2.42. The lowest BCUT2D eigenvalue weighted by atomic mass is 9.54. The zero-order chi connectivity index (χ0) is 37.8. The topological polar surface area (TPSA) is 80.3 Å². The SMILES string of the molecule is C[C@@H]1C[C@@H]2C[C@H](C)CC(c3ccc(-c4ccc(-c5nc(-c6ccc(C#N)cc6)nc(-c6cccc7c6c6cccnc6n7-c6ccccc6)n5)cc4)cc3)(C1)C2. The van der Waals surface area contributed by atoms with E-state index >= 15 is 0 Å². The van der Waals surface area contributed by atoms with Crippen LogP contribution < -0.4 is 0 Å². The molecule has 0 N–H and O–H groups in total. The Morgan fingerprint density at radius 3 is 1.88 bits per heavy atom. The molecule has 0 amide bonds. The molecule has 8 aromatic rings. The standard InChI is InChI=1S/C50H42N6/c1-32-26-35-27-33(2)29-50(28-32,30-35)40-23-21-37(22-24-40)36-17-19-39(20-18-36)47-53-46(38-15-13-34(31-51)14-16-38)54-48(55-47)42-10-6-12-44-45(42)43-11-7-25-52-49(43)56(44)41-8-4-3-5-9-41/h3-25,32-33,35H,26-30H2,1-2H3/t32-,33+,35-,50?. The van der Waals surface area contributed by atoms with Gasteiger partial charge in [-0.3, -0.25) is 4.57 Å². The quantitative estimate of drug-likeness (QED) is 0.170. The van der Waals surface area contributed by atoms with E-state index in [2.05, 4.69) is 109 Å². The van der Waals surface area contributed by atoms with Crippen molar-refractivity contribution in [1.82, 2.24) is 24.5 Å². The molecule has 0 aliphatic heterocycles. The highest BCUT2D eigenvalue weighted by Crippen LogP contribution is 2.54. The van der Waals surface area contributed by atoms with Gasteiger partial charge in [0.1, 0.15) is 5.65 Å². The Hall–Kier alpha value is -6.45. The van der Waals surface area contributed by atoms with Gasteiger partial charge in [-0.05, 0) is 127 Å². The van der Waals surface area contributed by atoms with Gasteiger partial charge in [-0.25, -0.2) is 19.9 Å². The third-order valence-electron chi connectivity index (χ3n) is 12.3. The zero-order valence-corrected chi connectivity index (χ0v) is 31.7. The molecule has 10 rings (SSSR count). The van der Waals surface area contributed by atoms with Crippen molar-refractivity contribution in [2.24, 2.45) is 17.8 Å². The number of hydrogen-bond donors (Lipinski definition) is 0. The fourth-order valence-corrected chi connectivity index (χ4v) is 10.3. The van der Waals surface area contributed by atoms with E-state index in [1.54, 1.807) is 12.1 Å². The monoisotopic (exact) mass is 726 g/mol. The Bertz CT molecular complexity index is 2740. The van der Waals surface area contributed by atoms with Crippen LogP contribution in [0, 0.1) is 29.1 Å². The highest BCUT2D eigenvalue weighted by molar-refractivity contribution is 6.14. The third kappa shape index (κ3) is 5.95. The first kappa shape index (κ1) is 34.1. The van der Waals surface area contributed by atoms with Gasteiger partial charge in [0.15, 0.2) is 17.5 Å². The minimum Gasteiger partial charge on any atom is -0.294 e. The van der Waals surface area contributed by atoms with Crippen LogP contribution in [0.4, 0.5) is 0 Å². The minimum atomic E-state index is 0.322. The Balaban J connectivity index is 1.06. The maximum absolute atomic E-state index is 9.49. The number of para-hydroxylation sites is 1. The molecule has 6 nitrogen and oxygen atoms in total. The molecule has 1 unspecified atom stereocenters. The van der Waals surface area contributed by atoms with E-state index in [9.17, 15) is 5.26 Å². The van der Waals surface area contributed by atoms with Gasteiger partial charge in [-0.15, -0.1) is 0 Å². The molecule has 2 saturated carbocycles. The van der Waals surface area contributed by atoms with Crippen molar-refractivity contribution in [1.29, 1.82) is 5.26 Å². The van der Waals surface area contributed by atoms with Crippen molar-refractivity contribution in [2.45, 2.75) is 51.4 Å². The summed E-state index contributed by atoms with van der Waals surface area (Å²) >= 11 is 0. The predicted molar refractivity (Wildman–Crippen MR) is 225 cm³/mol. The molecule has 6 heteroatoms. The lowest BCUT2D eigenvalue weighted by molar-refractivity contribution is 0.0780. The predicted octanol–water partition coefficient (Wildman–Crippen LogP) is 12.0. The number of rotatable bonds is 6. The smallest absolute Gasteiger partial charge is 0.164 e. The van der Waals surface area contributed by atoms with Gasteiger partial charge in [0.05, 0.1) is 17.1 Å². The van der Waals surface area contributed by atoms with Crippen LogP contribution in [0.2, 0.25) is 0 Å². The number of nitrogens with zero attached hydrogens (tertiary/aromatic N) is 6. The first-order chi connectivity index (χ1) is 27.4. The van der Waals surface area contributed by atoms with E-state index in [-0.39, 0.29) is 0 Å². The number of fused-ring (bicyclic) bond motifs is 5. The van der Waals surface area contributed by atoms with Crippen LogP contribution >= 0.6 is 0 Å². The van der Waals surface area contributed by atoms with E-state index in [0.29, 0.717) is 28.5 Å². The lowest BCUT2D eigenvalue weighted by Gasteiger charge is -2.50. The van der Waals surface area contributed by atoms with Crippen LogP contribution in [-0.4, -0.2) is 24.5 Å². The summed E-state index contributed by atoms with van der Waals surface area (Å²) in [5.41, 5.74) is 10.4. The number of aromatic nitrogens is 5. The van der Waals surface area contributed by atoms with E-state index in [4.69, 9.17) is 19.9 Å². The van der Waals surface area contributed by atoms with E-state index in [1.165, 1.54) is 43.2 Å². The molecule has 0 radical (unpaired) electrons. The van der Waals surface area contributed by atoms with Gasteiger partial charge >= 0.3 is 0 Å². The van der Waals surface area contributed by atoms with Crippen LogP contribution in [0.25, 0.3) is 72.9 Å². The number of hydrogen-bond acceptors (Lipinski definition) is 5. The molecular formula is C50H42N6. The molecule has 2 fully saturated rings. The highest BCUT2D eigenvalue weighted by atomic mass is 15.1. The van der Waals surface area contributed by atoms with Crippen LogP contribution in [0.1, 0.15) is 57.1 Å². The first-order valence-electron chi connectivity index (χ1n) is 19.9. The fraction of sp³-hybridized carbons (Fsp3) is 0.220. The number of pyridine rings is 1. The van der Waals surface area contributed by atoms with Crippen molar-refractivity contribution >= 4 is 21.9 Å². The molecule has 272 valence electrons. The summed E-state index contributed by atoms with van der Waals surface area (Å²) in [7, 11) is 0. The van der Waals surface area contributed by atoms with Crippen molar-refractivity contribution in [2.75, 3.05) is 0 Å². The largest absolute Gasteiger partial charge is 0.294 e. The summed E-state index contributed by atoms with van der Waals surface area (Å²) in [6.45, 7) is 4.91. The fourth-order valence-electron chi connectivity index (χ4n) is 10.3. The summed E-state index contributed by atoms with van der Waals surface area (Å²) in [5.74, 6) is 4.16. The van der Waals surface area contributed by atoms with Crippen molar-refractivity contribution in [3.8, 4) is 57.0 Å². The van der Waals surface area contributed by atoms with Crippen LogP contribution in [0.3, 0.4) is 0 Å². The average molecular weight is 727 g/mol. The zero-order valence-electron chi connectivity index (χ0n) is 31.7. The Kier molecular flexibility index (Phi) is 8.33. The Morgan fingerprint density at radius 2 is 1.21 bits per heavy atom. The van der Waals surface area contributed by atoms with Crippen molar-refractivity contribution in [3.05, 3.63) is 151 Å². The van der Waals surface area contributed by atoms with Gasteiger partial charge in [-0.2, -0.15) is 5.26 Å². The molecule has 2 aliphatic rings. The normalized spacial score (nSPS) is 20.6. The summed E-state index contributed by atoms with van der Waals surface area (Å²) in [6, 6.07) is 48.4. The molecule has 0 spiro atoms. The average Bonchev–Trinajstić information content (AvgIpc) is 3.58. The Labute approximate surface area is 327 Å². The van der Waals surface area contributed by atoms with Gasteiger partial charge in [0, 0.05) is 39.3 Å². The summed E-state index contributed by atoms with van der Waals surface area (Å²) < 4.78 is 2.20. The second kappa shape index (κ2) is 13.7. The second-order valence-corrected chi connectivity index (χ2v) is 16.3. The number of benzene rings is 5. The summed E-state index contributed by atoms with van der Waals surface area (Å²) in [5, 5.41) is 11.5. The molecule has 4 atom stereocenters. The molecule has 3 heterocycles. The van der Waals surface area contributed by atoms with Gasteiger partial charge in [0.2, 0.25) is 0 Å². The maximum Gasteiger partial charge on any atom is 0.164 e. The van der Waals surface area contributed by atoms with Crippen molar-refractivity contribution < 1.29 is 0 Å². The van der Waals surface area contributed by atoms with E-state index in [1.807, 2.05) is 42.6 Å². The van der Waals surface area contributed by atoms with Crippen molar-refractivity contribution in [3.63, 3.8) is 0 Å². The number of nitriles is 1. The molecular weight excluding hydrogens is 685 g/mol. The molecule has 5 aromatic carbocycles. The highest BCUT2D eigenvalue weighted by Gasteiger charge is 2.45. The van der Waals surface area contributed by atoms with Gasteiger partial charge in [0.25, 0.3) is 0 Å². The molecule has 3 aromatic heterocycles. The van der Waals surface area contributed by atoms with E-state index in [0.717, 1.165) is 67.6 Å². The maximum atomic E-state index is 9.49. The first-order valence-corrected chi connectivity index (χ1v) is 19.9. The van der Waals surface area contributed by atoms with Crippen LogP contribution in [0.5, 0.6) is 0 Å². The minimum absolute atomic E-state index is 0.322. The van der Waals surface area contributed by atoms with Crippen LogP contribution in [0.15, 0.2) is 140 Å². The summed E-state index contributed by atoms with van der Waals surface area (Å²) in [6.07, 6.45) is 8.57. The molecule has 2 bridgehead atoms.